The van der Waals surface area contributed by atoms with Crippen LogP contribution < -0.4 is 0 Å². The number of hydrogen-bond donors (Lipinski definition) is 0. The van der Waals surface area contributed by atoms with Gasteiger partial charge in [0.2, 0.25) is 0 Å². The second-order valence-electron chi connectivity index (χ2n) is 4.40. The summed E-state index contributed by atoms with van der Waals surface area (Å²) in [5.41, 5.74) is 3.48. The monoisotopic (exact) mass is 252 g/mol. The third-order valence-corrected chi connectivity index (χ3v) is 2.78. The van der Waals surface area contributed by atoms with Crippen LogP contribution in [0.1, 0.15) is 27.0 Å². The molecule has 2 nitrogen and oxygen atoms in total. The molecule has 0 saturated heterocycles. The maximum Gasteiger partial charge on any atom is 0.338 e. The molecular weight excluding hydrogens is 236 g/mol. The van der Waals surface area contributed by atoms with Crippen LogP contribution >= 0.6 is 0 Å². The number of rotatable bonds is 4. The van der Waals surface area contributed by atoms with Crippen LogP contribution in [0.4, 0.5) is 0 Å². The van der Waals surface area contributed by atoms with Crippen molar-refractivity contribution in [3.05, 3.63) is 77.4 Å². The molecule has 0 aliphatic carbocycles. The van der Waals surface area contributed by atoms with E-state index in [4.69, 9.17) is 4.74 Å². The molecule has 0 aromatic heterocycles. The van der Waals surface area contributed by atoms with E-state index in [1.54, 1.807) is 12.1 Å². The molecule has 2 aromatic rings. The molecular formula is C17H16O2. The lowest BCUT2D eigenvalue weighted by atomic mass is 10.1. The summed E-state index contributed by atoms with van der Waals surface area (Å²) in [6, 6.07) is 15.2. The first-order valence-electron chi connectivity index (χ1n) is 6.14. The SMILES string of the molecule is C=Cc1cc(C)cc(C(=O)OCc2ccccc2)c1. The van der Waals surface area contributed by atoms with Crippen LogP contribution in [0.5, 0.6) is 0 Å². The van der Waals surface area contributed by atoms with Crippen molar-refractivity contribution in [3.63, 3.8) is 0 Å². The smallest absolute Gasteiger partial charge is 0.338 e. The summed E-state index contributed by atoms with van der Waals surface area (Å²) in [5, 5.41) is 0. The molecule has 0 spiro atoms. The van der Waals surface area contributed by atoms with E-state index < -0.39 is 0 Å². The van der Waals surface area contributed by atoms with Gasteiger partial charge in [-0.15, -0.1) is 0 Å². The highest BCUT2D eigenvalue weighted by molar-refractivity contribution is 5.90. The maximum absolute atomic E-state index is 12.0. The van der Waals surface area contributed by atoms with E-state index in [1.807, 2.05) is 49.4 Å². The lowest BCUT2D eigenvalue weighted by molar-refractivity contribution is 0.0472. The average Bonchev–Trinajstić information content (AvgIpc) is 2.45. The Morgan fingerprint density at radius 3 is 2.63 bits per heavy atom. The van der Waals surface area contributed by atoms with Gasteiger partial charge >= 0.3 is 5.97 Å². The highest BCUT2D eigenvalue weighted by atomic mass is 16.5. The van der Waals surface area contributed by atoms with Gasteiger partial charge in [0.1, 0.15) is 6.61 Å². The van der Waals surface area contributed by atoms with Gasteiger partial charge in [-0.2, -0.15) is 0 Å². The van der Waals surface area contributed by atoms with Gasteiger partial charge < -0.3 is 4.74 Å². The number of carbonyl (C=O) groups excluding carboxylic acids is 1. The molecule has 0 radical (unpaired) electrons. The number of esters is 1. The van der Waals surface area contributed by atoms with Crippen molar-refractivity contribution in [1.82, 2.24) is 0 Å². The van der Waals surface area contributed by atoms with E-state index in [2.05, 4.69) is 6.58 Å². The fourth-order valence-corrected chi connectivity index (χ4v) is 1.85. The quantitative estimate of drug-likeness (QED) is 0.769. The Kier molecular flexibility index (Phi) is 4.14. The Labute approximate surface area is 113 Å². The number of carbonyl (C=O) groups is 1. The summed E-state index contributed by atoms with van der Waals surface area (Å²) in [6.07, 6.45) is 1.72. The highest BCUT2D eigenvalue weighted by Crippen LogP contribution is 2.13. The molecule has 0 aliphatic heterocycles. The molecule has 0 unspecified atom stereocenters. The summed E-state index contributed by atoms with van der Waals surface area (Å²) in [4.78, 5) is 12.0. The molecule has 0 aliphatic rings. The number of ether oxygens (including phenoxy) is 1. The van der Waals surface area contributed by atoms with Gasteiger partial charge in [0.05, 0.1) is 5.56 Å². The first-order chi connectivity index (χ1) is 9.19. The van der Waals surface area contributed by atoms with E-state index in [1.165, 1.54) is 0 Å². The van der Waals surface area contributed by atoms with Crippen molar-refractivity contribution >= 4 is 12.0 Å². The van der Waals surface area contributed by atoms with E-state index in [0.717, 1.165) is 16.7 Å². The fraction of sp³-hybridized carbons (Fsp3) is 0.118. The Balaban J connectivity index is 2.08. The van der Waals surface area contributed by atoms with Gasteiger partial charge in [-0.05, 0) is 35.7 Å². The van der Waals surface area contributed by atoms with Crippen molar-refractivity contribution < 1.29 is 9.53 Å². The molecule has 2 rings (SSSR count). The largest absolute Gasteiger partial charge is 0.457 e. The summed E-state index contributed by atoms with van der Waals surface area (Å²) >= 11 is 0. The summed E-state index contributed by atoms with van der Waals surface area (Å²) in [5.74, 6) is -0.310. The summed E-state index contributed by atoms with van der Waals surface area (Å²) in [6.45, 7) is 5.95. The molecule has 19 heavy (non-hydrogen) atoms. The zero-order valence-electron chi connectivity index (χ0n) is 10.9. The third-order valence-electron chi connectivity index (χ3n) is 2.78. The first-order valence-corrected chi connectivity index (χ1v) is 6.14. The van der Waals surface area contributed by atoms with E-state index in [9.17, 15) is 4.79 Å². The van der Waals surface area contributed by atoms with E-state index in [0.29, 0.717) is 5.56 Å². The molecule has 0 heterocycles. The van der Waals surface area contributed by atoms with Gasteiger partial charge in [0, 0.05) is 0 Å². The van der Waals surface area contributed by atoms with Crippen molar-refractivity contribution in [1.29, 1.82) is 0 Å². The van der Waals surface area contributed by atoms with Gasteiger partial charge in [0.15, 0.2) is 0 Å². The maximum atomic E-state index is 12.0. The van der Waals surface area contributed by atoms with Crippen LogP contribution in [0.15, 0.2) is 55.1 Å². The molecule has 0 atom stereocenters. The zero-order chi connectivity index (χ0) is 13.7. The van der Waals surface area contributed by atoms with Gasteiger partial charge in [-0.25, -0.2) is 4.79 Å². The van der Waals surface area contributed by atoms with Crippen LogP contribution in [-0.2, 0) is 11.3 Å². The topological polar surface area (TPSA) is 26.3 Å². The molecule has 0 N–H and O–H groups in total. The summed E-state index contributed by atoms with van der Waals surface area (Å²) in [7, 11) is 0. The van der Waals surface area contributed by atoms with E-state index >= 15 is 0 Å². The molecule has 0 saturated carbocycles. The molecule has 0 bridgehead atoms. The second kappa shape index (κ2) is 6.01. The van der Waals surface area contributed by atoms with Gasteiger partial charge in [0.25, 0.3) is 0 Å². The third kappa shape index (κ3) is 3.55. The minimum absolute atomic E-state index is 0.289. The van der Waals surface area contributed by atoms with Crippen molar-refractivity contribution in [2.75, 3.05) is 0 Å². The number of hydrogen-bond acceptors (Lipinski definition) is 2. The molecule has 2 heteroatoms. The van der Waals surface area contributed by atoms with E-state index in [-0.39, 0.29) is 12.6 Å². The Hall–Kier alpha value is -2.35. The van der Waals surface area contributed by atoms with Crippen LogP contribution in [0.25, 0.3) is 6.08 Å². The highest BCUT2D eigenvalue weighted by Gasteiger charge is 2.08. The zero-order valence-corrected chi connectivity index (χ0v) is 10.9. The minimum atomic E-state index is -0.310. The Bertz CT molecular complexity index is 585. The van der Waals surface area contributed by atoms with Crippen molar-refractivity contribution in [2.24, 2.45) is 0 Å². The van der Waals surface area contributed by atoms with Crippen LogP contribution in [0.2, 0.25) is 0 Å². The van der Waals surface area contributed by atoms with Gasteiger partial charge in [-0.3, -0.25) is 0 Å². The van der Waals surface area contributed by atoms with Crippen LogP contribution in [0, 0.1) is 6.92 Å². The molecule has 0 amide bonds. The van der Waals surface area contributed by atoms with Crippen LogP contribution in [-0.4, -0.2) is 5.97 Å². The Morgan fingerprint density at radius 2 is 1.95 bits per heavy atom. The van der Waals surface area contributed by atoms with Crippen molar-refractivity contribution in [3.8, 4) is 0 Å². The average molecular weight is 252 g/mol. The van der Waals surface area contributed by atoms with Gasteiger partial charge in [-0.1, -0.05) is 49.1 Å². The first kappa shape index (κ1) is 13.1. The predicted octanol–water partition coefficient (Wildman–Crippen LogP) is 4.00. The molecule has 2 aromatic carbocycles. The molecule has 0 fully saturated rings. The number of benzene rings is 2. The lowest BCUT2D eigenvalue weighted by Gasteiger charge is -2.06. The normalized spacial score (nSPS) is 9.95. The fourth-order valence-electron chi connectivity index (χ4n) is 1.85. The van der Waals surface area contributed by atoms with Crippen LogP contribution in [0.3, 0.4) is 0 Å². The lowest BCUT2D eigenvalue weighted by Crippen LogP contribution is -2.05. The molecule has 96 valence electrons. The summed E-state index contributed by atoms with van der Waals surface area (Å²) < 4.78 is 5.30. The second-order valence-corrected chi connectivity index (χ2v) is 4.40. The standard InChI is InChI=1S/C17H16O2/c1-3-14-9-13(2)10-16(11-14)17(18)19-12-15-7-5-4-6-8-15/h3-11H,1,12H2,2H3. The predicted molar refractivity (Wildman–Crippen MR) is 76.8 cm³/mol. The minimum Gasteiger partial charge on any atom is -0.457 e. The number of aryl methyl sites for hydroxylation is 1. The Morgan fingerprint density at radius 1 is 1.21 bits per heavy atom. The van der Waals surface area contributed by atoms with Crippen molar-refractivity contribution in [2.45, 2.75) is 13.5 Å².